The van der Waals surface area contributed by atoms with Gasteiger partial charge in [0.05, 0.1) is 6.20 Å². The zero-order chi connectivity index (χ0) is 11.1. The van der Waals surface area contributed by atoms with Gasteiger partial charge in [-0.25, -0.2) is 0 Å². The van der Waals surface area contributed by atoms with Gasteiger partial charge in [-0.05, 0) is 24.9 Å². The number of H-pyrrole nitrogens is 1. The van der Waals surface area contributed by atoms with E-state index in [1.165, 1.54) is 17.5 Å². The molecule has 0 aliphatic carbocycles. The monoisotopic (exact) mass is 215 g/mol. The summed E-state index contributed by atoms with van der Waals surface area (Å²) >= 11 is 0. The fourth-order valence-electron chi connectivity index (χ4n) is 1.67. The van der Waals surface area contributed by atoms with Gasteiger partial charge in [-0.1, -0.05) is 30.3 Å². The van der Waals surface area contributed by atoms with Gasteiger partial charge in [-0.3, -0.25) is 5.10 Å². The van der Waals surface area contributed by atoms with Crippen LogP contribution in [0.4, 0.5) is 0 Å². The lowest BCUT2D eigenvalue weighted by atomic mass is 10.1. The van der Waals surface area contributed by atoms with Gasteiger partial charge in [-0.2, -0.15) is 5.10 Å². The highest BCUT2D eigenvalue weighted by molar-refractivity contribution is 5.14. The second-order valence-corrected chi connectivity index (χ2v) is 3.87. The first-order chi connectivity index (χ1) is 7.95. The molecule has 84 valence electrons. The number of aryl methyl sites for hydroxylation is 1. The van der Waals surface area contributed by atoms with E-state index in [1.54, 1.807) is 0 Å². The molecule has 0 aliphatic rings. The highest BCUT2D eigenvalue weighted by Crippen LogP contribution is 2.01. The maximum atomic E-state index is 3.90. The third kappa shape index (κ3) is 3.51. The molecule has 1 aromatic heterocycles. The predicted octanol–water partition coefficient (Wildman–Crippen LogP) is 2.13. The van der Waals surface area contributed by atoms with Gasteiger partial charge in [0.15, 0.2) is 0 Å². The molecule has 0 amide bonds. The van der Waals surface area contributed by atoms with E-state index >= 15 is 0 Å². The Bertz CT molecular complexity index is 381. The van der Waals surface area contributed by atoms with Crippen LogP contribution in [0.5, 0.6) is 0 Å². The van der Waals surface area contributed by atoms with Crippen molar-refractivity contribution in [3.8, 4) is 0 Å². The van der Waals surface area contributed by atoms with Crippen molar-refractivity contribution in [2.45, 2.75) is 19.4 Å². The van der Waals surface area contributed by atoms with Crippen molar-refractivity contribution < 1.29 is 0 Å². The Balaban J connectivity index is 1.59. The second kappa shape index (κ2) is 6.08. The molecule has 0 saturated heterocycles. The van der Waals surface area contributed by atoms with Crippen molar-refractivity contribution >= 4 is 0 Å². The van der Waals surface area contributed by atoms with Gasteiger partial charge in [0.25, 0.3) is 0 Å². The van der Waals surface area contributed by atoms with Crippen LogP contribution in [0.3, 0.4) is 0 Å². The number of benzene rings is 1. The lowest BCUT2D eigenvalue weighted by Crippen LogP contribution is -2.14. The van der Waals surface area contributed by atoms with E-state index in [1.807, 2.05) is 12.4 Å². The van der Waals surface area contributed by atoms with Crippen LogP contribution in [0.2, 0.25) is 0 Å². The maximum absolute atomic E-state index is 3.90. The predicted molar refractivity (Wildman–Crippen MR) is 65.1 cm³/mol. The number of hydrogen-bond donors (Lipinski definition) is 2. The molecule has 0 aliphatic heterocycles. The van der Waals surface area contributed by atoms with Crippen LogP contribution < -0.4 is 5.32 Å². The van der Waals surface area contributed by atoms with Gasteiger partial charge in [-0.15, -0.1) is 0 Å². The van der Waals surface area contributed by atoms with Crippen molar-refractivity contribution in [2.24, 2.45) is 0 Å². The van der Waals surface area contributed by atoms with Crippen LogP contribution in [0.25, 0.3) is 0 Å². The van der Waals surface area contributed by atoms with E-state index in [-0.39, 0.29) is 0 Å². The lowest BCUT2D eigenvalue weighted by molar-refractivity contribution is 0.649. The summed E-state index contributed by atoms with van der Waals surface area (Å²) < 4.78 is 0. The molecule has 1 heterocycles. The number of aromatic amines is 1. The number of nitrogens with one attached hydrogen (secondary N) is 2. The highest BCUT2D eigenvalue weighted by Gasteiger charge is 1.94. The Morgan fingerprint density at radius 1 is 1.12 bits per heavy atom. The van der Waals surface area contributed by atoms with Crippen molar-refractivity contribution in [1.82, 2.24) is 15.5 Å². The third-order valence-corrected chi connectivity index (χ3v) is 2.55. The summed E-state index contributed by atoms with van der Waals surface area (Å²) in [5.74, 6) is 0. The smallest absolute Gasteiger partial charge is 0.0532 e. The molecule has 0 saturated carbocycles. The zero-order valence-corrected chi connectivity index (χ0v) is 9.32. The summed E-state index contributed by atoms with van der Waals surface area (Å²) in [5.41, 5.74) is 2.62. The summed E-state index contributed by atoms with van der Waals surface area (Å²) in [7, 11) is 0. The summed E-state index contributed by atoms with van der Waals surface area (Å²) in [6, 6.07) is 10.6. The van der Waals surface area contributed by atoms with Crippen molar-refractivity contribution in [3.63, 3.8) is 0 Å². The van der Waals surface area contributed by atoms with Crippen molar-refractivity contribution in [2.75, 3.05) is 6.54 Å². The molecule has 0 spiro atoms. The summed E-state index contributed by atoms with van der Waals surface area (Å²) in [6.45, 7) is 1.94. The topological polar surface area (TPSA) is 40.7 Å². The van der Waals surface area contributed by atoms with Crippen LogP contribution in [-0.2, 0) is 13.0 Å². The van der Waals surface area contributed by atoms with Crippen LogP contribution in [0.15, 0.2) is 42.7 Å². The molecular weight excluding hydrogens is 198 g/mol. The Morgan fingerprint density at radius 3 is 2.75 bits per heavy atom. The Kier molecular flexibility index (Phi) is 4.14. The lowest BCUT2D eigenvalue weighted by Gasteiger charge is -2.03. The molecule has 0 bridgehead atoms. The molecule has 0 radical (unpaired) electrons. The van der Waals surface area contributed by atoms with Gasteiger partial charge >= 0.3 is 0 Å². The van der Waals surface area contributed by atoms with Crippen LogP contribution in [0, 0.1) is 0 Å². The van der Waals surface area contributed by atoms with Gasteiger partial charge in [0.1, 0.15) is 0 Å². The van der Waals surface area contributed by atoms with Crippen molar-refractivity contribution in [1.29, 1.82) is 0 Å². The Morgan fingerprint density at radius 2 is 2.00 bits per heavy atom. The number of hydrogen-bond acceptors (Lipinski definition) is 2. The van der Waals surface area contributed by atoms with Gasteiger partial charge in [0.2, 0.25) is 0 Å². The maximum Gasteiger partial charge on any atom is 0.0532 e. The molecule has 2 N–H and O–H groups in total. The minimum atomic E-state index is 0.894. The summed E-state index contributed by atoms with van der Waals surface area (Å²) in [4.78, 5) is 0. The highest BCUT2D eigenvalue weighted by atomic mass is 15.1. The fourth-order valence-corrected chi connectivity index (χ4v) is 1.67. The van der Waals surface area contributed by atoms with E-state index in [0.29, 0.717) is 0 Å². The molecule has 3 heteroatoms. The molecule has 0 fully saturated rings. The minimum Gasteiger partial charge on any atom is -0.313 e. The fraction of sp³-hybridized carbons (Fsp3) is 0.308. The zero-order valence-electron chi connectivity index (χ0n) is 9.32. The quantitative estimate of drug-likeness (QED) is 0.725. The van der Waals surface area contributed by atoms with E-state index in [9.17, 15) is 0 Å². The largest absolute Gasteiger partial charge is 0.313 e. The third-order valence-electron chi connectivity index (χ3n) is 2.55. The van der Waals surface area contributed by atoms with Gasteiger partial charge < -0.3 is 5.32 Å². The van der Waals surface area contributed by atoms with E-state index < -0.39 is 0 Å². The molecular formula is C13H17N3. The first-order valence-electron chi connectivity index (χ1n) is 5.67. The molecule has 16 heavy (non-hydrogen) atoms. The van der Waals surface area contributed by atoms with E-state index in [4.69, 9.17) is 0 Å². The SMILES string of the molecule is c1ccc(CCCNCc2cn[nH]c2)cc1. The molecule has 3 nitrogen and oxygen atoms in total. The standard InChI is InChI=1S/C13H17N3/c1-2-5-12(6-3-1)7-4-8-14-9-13-10-15-16-11-13/h1-3,5-6,10-11,14H,4,7-9H2,(H,15,16). The number of rotatable bonds is 6. The first kappa shape index (κ1) is 10.9. The van der Waals surface area contributed by atoms with Crippen LogP contribution >= 0.6 is 0 Å². The Labute approximate surface area is 95.9 Å². The van der Waals surface area contributed by atoms with Crippen molar-refractivity contribution in [3.05, 3.63) is 53.9 Å². The molecule has 0 atom stereocenters. The second-order valence-electron chi connectivity index (χ2n) is 3.87. The molecule has 2 aromatic rings. The first-order valence-corrected chi connectivity index (χ1v) is 5.67. The number of nitrogens with zero attached hydrogens (tertiary/aromatic N) is 1. The van der Waals surface area contributed by atoms with Gasteiger partial charge in [0, 0.05) is 18.3 Å². The molecule has 2 rings (SSSR count). The summed E-state index contributed by atoms with van der Waals surface area (Å²) in [5, 5.41) is 10.1. The number of aromatic nitrogens is 2. The van der Waals surface area contributed by atoms with E-state index in [2.05, 4.69) is 45.8 Å². The van der Waals surface area contributed by atoms with E-state index in [0.717, 1.165) is 19.5 Å². The normalized spacial score (nSPS) is 10.5. The Hall–Kier alpha value is -1.61. The average molecular weight is 215 g/mol. The minimum absolute atomic E-state index is 0.894. The van der Waals surface area contributed by atoms with Crippen LogP contribution in [-0.4, -0.2) is 16.7 Å². The average Bonchev–Trinajstić information content (AvgIpc) is 2.83. The molecule has 1 aromatic carbocycles. The summed E-state index contributed by atoms with van der Waals surface area (Å²) in [6.07, 6.45) is 6.08. The van der Waals surface area contributed by atoms with Crippen LogP contribution in [0.1, 0.15) is 17.5 Å². The molecule has 0 unspecified atom stereocenters.